The molecule has 2 aromatic rings. The maximum absolute atomic E-state index is 12.0. The summed E-state index contributed by atoms with van der Waals surface area (Å²) >= 11 is 6.22. The number of halogens is 1. The summed E-state index contributed by atoms with van der Waals surface area (Å²) in [6, 6.07) is 2.12. The summed E-state index contributed by atoms with van der Waals surface area (Å²) in [5.74, 6) is -0.932. The molecular weight excluding hydrogens is 572 g/mol. The molecule has 0 spiro atoms. The quantitative estimate of drug-likeness (QED) is 0.136. The lowest BCUT2D eigenvalue weighted by Gasteiger charge is -2.36. The molecule has 5 atom stereocenters. The monoisotopic (exact) mass is 601 g/mol. The van der Waals surface area contributed by atoms with E-state index >= 15 is 0 Å². The van der Waals surface area contributed by atoms with Crippen molar-refractivity contribution in [1.82, 2.24) is 19.5 Å². The minimum Gasteiger partial charge on any atom is -0.393 e. The average molecular weight is 602 g/mol. The maximum atomic E-state index is 12.0. The number of imidazole rings is 1. The predicted octanol–water partition coefficient (Wildman–Crippen LogP) is 0.327. The third-order valence-electron chi connectivity index (χ3n) is 6.75. The molecule has 2 saturated heterocycles. The highest BCUT2D eigenvalue weighted by atomic mass is 35.5. The Morgan fingerprint density at radius 3 is 2.49 bits per heavy atom. The Bertz CT molecular complexity index is 1250. The van der Waals surface area contributed by atoms with Crippen molar-refractivity contribution < 1.29 is 48.4 Å². The number of ether oxygens (including phenoxy) is 1. The van der Waals surface area contributed by atoms with Gasteiger partial charge in [-0.05, 0) is 23.7 Å². The highest BCUT2D eigenvalue weighted by molar-refractivity contribution is 7.70. The van der Waals surface area contributed by atoms with Gasteiger partial charge in [0.2, 0.25) is 5.28 Å². The van der Waals surface area contributed by atoms with Crippen LogP contribution in [0.15, 0.2) is 6.33 Å². The minimum absolute atomic E-state index is 0.0743. The topological polar surface area (TPSA) is 221 Å². The Labute approximate surface area is 217 Å². The van der Waals surface area contributed by atoms with Gasteiger partial charge in [0.25, 0.3) is 0 Å². The average Bonchev–Trinajstić information content (AvgIpc) is 3.29. The number of aliphatic hydroxyl groups excluding tert-OH is 2. The molecule has 2 aromatic heterocycles. The van der Waals surface area contributed by atoms with Gasteiger partial charge in [0.15, 0.2) is 29.1 Å². The third kappa shape index (κ3) is 6.11. The van der Waals surface area contributed by atoms with Gasteiger partial charge >= 0.3 is 15.2 Å². The van der Waals surface area contributed by atoms with Crippen LogP contribution < -0.4 is 4.90 Å². The molecule has 208 valence electrons. The summed E-state index contributed by atoms with van der Waals surface area (Å²) in [4.78, 5) is 42.7. The molecule has 0 bridgehead atoms. The van der Waals surface area contributed by atoms with Crippen molar-refractivity contribution in [2.24, 2.45) is 0 Å². The summed E-state index contributed by atoms with van der Waals surface area (Å²) < 4.78 is 34.9. The van der Waals surface area contributed by atoms with E-state index in [1.165, 1.54) is 10.9 Å². The first-order chi connectivity index (χ1) is 17.1. The van der Waals surface area contributed by atoms with Gasteiger partial charge in [0.1, 0.15) is 17.8 Å². The molecule has 0 aromatic carbocycles. The van der Waals surface area contributed by atoms with E-state index in [2.05, 4.69) is 32.9 Å². The molecule has 19 heteroatoms. The molecule has 2 aliphatic heterocycles. The van der Waals surface area contributed by atoms with Gasteiger partial charge in [-0.1, -0.05) is 13.1 Å². The zero-order valence-corrected chi connectivity index (χ0v) is 23.6. The molecule has 4 rings (SSSR count). The van der Waals surface area contributed by atoms with Crippen LogP contribution in [-0.2, 0) is 18.4 Å². The summed E-state index contributed by atoms with van der Waals surface area (Å²) in [5, 5.41) is 31.6. The van der Waals surface area contributed by atoms with E-state index in [0.29, 0.717) is 11.3 Å². The molecule has 37 heavy (non-hydrogen) atoms. The molecule has 4 heterocycles. The summed E-state index contributed by atoms with van der Waals surface area (Å²) in [5.41, 5.74) is -1.78. The van der Waals surface area contributed by atoms with E-state index in [9.17, 15) is 29.3 Å². The SMILES string of the molecule is C[Si]1(C)CCN(c2nc(Cl)nc3c2ncn3[C@@H]2O[C@H](COP(=O)(O)CP(=O)(O)O)[C@](O)(CO)[C@H]2O)CC1. The van der Waals surface area contributed by atoms with Crippen molar-refractivity contribution >= 4 is 51.8 Å². The zero-order valence-electron chi connectivity index (χ0n) is 20.1. The van der Waals surface area contributed by atoms with Crippen LogP contribution in [0, 0.1) is 0 Å². The van der Waals surface area contributed by atoms with Crippen molar-refractivity contribution in [3.63, 3.8) is 0 Å². The van der Waals surface area contributed by atoms with Crippen LogP contribution in [0.2, 0.25) is 30.5 Å². The van der Waals surface area contributed by atoms with Gasteiger partial charge in [0.05, 0.1) is 27.6 Å². The van der Waals surface area contributed by atoms with Crippen molar-refractivity contribution in [2.75, 3.05) is 37.1 Å². The fraction of sp³-hybridized carbons (Fsp3) is 0.722. The molecule has 2 fully saturated rings. The summed E-state index contributed by atoms with van der Waals surface area (Å²) in [7, 11) is -11.0. The van der Waals surface area contributed by atoms with Gasteiger partial charge in [0, 0.05) is 13.1 Å². The lowest BCUT2D eigenvalue weighted by molar-refractivity contribution is -0.117. The standard InChI is InChI=1S/C18H30ClN5O10P2Si/c1-37(2)5-3-23(4-6-37)14-12-15(22-17(19)21-14)24(9-20-12)16-13(26)18(27,8-25)11(34-16)7-33-36(31,32)10-35(28,29)30/h9,11,13,16,25-27H,3-8,10H2,1-2H3,(H,31,32)(H2,28,29,30)/t11-,13+,16-,18-/m1/s1. The predicted molar refractivity (Wildman–Crippen MR) is 134 cm³/mol. The van der Waals surface area contributed by atoms with Crippen LogP contribution in [0.3, 0.4) is 0 Å². The number of fused-ring (bicyclic) bond motifs is 1. The van der Waals surface area contributed by atoms with E-state index < -0.39 is 66.4 Å². The lowest BCUT2D eigenvalue weighted by Crippen LogP contribution is -2.52. The van der Waals surface area contributed by atoms with Crippen LogP contribution in [0.5, 0.6) is 0 Å². The van der Waals surface area contributed by atoms with E-state index in [4.69, 9.17) is 30.6 Å². The van der Waals surface area contributed by atoms with Gasteiger partial charge in [-0.15, -0.1) is 0 Å². The molecule has 0 radical (unpaired) electrons. The fourth-order valence-corrected chi connectivity index (χ4v) is 9.18. The fourth-order valence-electron chi connectivity index (χ4n) is 4.46. The summed E-state index contributed by atoms with van der Waals surface area (Å²) in [6.45, 7) is 4.32. The second kappa shape index (κ2) is 10.2. The first kappa shape index (κ1) is 29.0. The molecule has 1 unspecified atom stereocenters. The molecule has 6 N–H and O–H groups in total. The normalized spacial score (nSPS) is 30.1. The Kier molecular flexibility index (Phi) is 7.99. The molecular formula is C18H30ClN5O10P2Si. The van der Waals surface area contributed by atoms with Gasteiger partial charge in [-0.2, -0.15) is 9.97 Å². The molecule has 2 aliphatic rings. The van der Waals surface area contributed by atoms with Crippen LogP contribution in [0.1, 0.15) is 6.23 Å². The summed E-state index contributed by atoms with van der Waals surface area (Å²) in [6.07, 6.45) is -3.40. The van der Waals surface area contributed by atoms with E-state index in [1.807, 2.05) is 0 Å². The highest BCUT2D eigenvalue weighted by Gasteiger charge is 2.56. The first-order valence-corrected chi connectivity index (χ1v) is 18.7. The van der Waals surface area contributed by atoms with Gasteiger partial charge < -0.3 is 44.2 Å². The smallest absolute Gasteiger partial charge is 0.340 e. The van der Waals surface area contributed by atoms with Gasteiger partial charge in [-0.25, -0.2) is 4.98 Å². The largest absolute Gasteiger partial charge is 0.393 e. The Morgan fingerprint density at radius 2 is 1.89 bits per heavy atom. The minimum atomic E-state index is -4.89. The van der Waals surface area contributed by atoms with Crippen molar-refractivity contribution in [3.8, 4) is 0 Å². The maximum Gasteiger partial charge on any atom is 0.340 e. The Balaban J connectivity index is 1.62. The lowest BCUT2D eigenvalue weighted by atomic mass is 9.93. The van der Waals surface area contributed by atoms with E-state index in [1.54, 1.807) is 0 Å². The van der Waals surface area contributed by atoms with Crippen LogP contribution in [-0.4, -0.2) is 108 Å². The second-order valence-corrected chi connectivity index (χ2v) is 19.8. The number of hydrogen-bond donors (Lipinski definition) is 6. The third-order valence-corrected chi connectivity index (χ3v) is 13.5. The molecule has 15 nitrogen and oxygen atoms in total. The van der Waals surface area contributed by atoms with Crippen molar-refractivity contribution in [2.45, 2.75) is 49.2 Å². The second-order valence-electron chi connectivity index (χ2n) is 10.1. The number of aromatic nitrogens is 4. The molecule has 0 aliphatic carbocycles. The van der Waals surface area contributed by atoms with Gasteiger partial charge in [-0.3, -0.25) is 13.7 Å². The van der Waals surface area contributed by atoms with Crippen molar-refractivity contribution in [3.05, 3.63) is 11.6 Å². The Morgan fingerprint density at radius 1 is 1.24 bits per heavy atom. The zero-order chi connectivity index (χ0) is 27.4. The first-order valence-electron chi connectivity index (χ1n) is 11.4. The highest BCUT2D eigenvalue weighted by Crippen LogP contribution is 2.56. The van der Waals surface area contributed by atoms with Crippen LogP contribution in [0.4, 0.5) is 5.82 Å². The number of nitrogens with zero attached hydrogens (tertiary/aromatic N) is 5. The molecule has 0 amide bonds. The van der Waals surface area contributed by atoms with E-state index in [0.717, 1.165) is 25.2 Å². The number of rotatable bonds is 8. The van der Waals surface area contributed by atoms with E-state index in [-0.39, 0.29) is 10.9 Å². The number of anilines is 1. The van der Waals surface area contributed by atoms with Crippen LogP contribution in [0.25, 0.3) is 11.2 Å². The number of hydrogen-bond acceptors (Lipinski definition) is 11. The Hall–Kier alpha value is -1.00. The molecule has 0 saturated carbocycles. The van der Waals surface area contributed by atoms with Crippen molar-refractivity contribution in [1.29, 1.82) is 0 Å². The number of aliphatic hydroxyl groups is 3. The van der Waals surface area contributed by atoms with Crippen LogP contribution >= 0.6 is 26.8 Å².